The summed E-state index contributed by atoms with van der Waals surface area (Å²) in [5, 5.41) is 2.98. The van der Waals surface area contributed by atoms with Crippen LogP contribution in [0.4, 0.5) is 13.2 Å². The van der Waals surface area contributed by atoms with Crippen molar-refractivity contribution < 1.29 is 13.2 Å². The van der Waals surface area contributed by atoms with Crippen molar-refractivity contribution in [3.8, 4) is 0 Å². The van der Waals surface area contributed by atoms with Crippen LogP contribution in [0.1, 0.15) is 6.42 Å². The Morgan fingerprint density at radius 1 is 1.18 bits per heavy atom. The molecule has 64 valence electrons. The lowest BCUT2D eigenvalue weighted by molar-refractivity contribution is -0.153. The Morgan fingerprint density at radius 3 is 2.36 bits per heavy atom. The van der Waals surface area contributed by atoms with Gasteiger partial charge in [-0.2, -0.15) is 13.2 Å². The van der Waals surface area contributed by atoms with Crippen LogP contribution < -0.4 is 5.32 Å². The smallest absolute Gasteiger partial charge is 0.316 e. The summed E-state index contributed by atoms with van der Waals surface area (Å²) in [6.07, 6.45) is -3.24. The van der Waals surface area contributed by atoms with Crippen LogP contribution in [0, 0.1) is 17.8 Å². The van der Waals surface area contributed by atoms with Crippen LogP contribution in [-0.2, 0) is 0 Å². The fourth-order valence-corrected chi connectivity index (χ4v) is 2.14. The molecule has 11 heavy (non-hydrogen) atoms. The number of hydrogen-bond donors (Lipinski definition) is 1. The lowest BCUT2D eigenvalue weighted by Gasteiger charge is -2.07. The van der Waals surface area contributed by atoms with E-state index in [1.807, 2.05) is 0 Å². The first-order chi connectivity index (χ1) is 5.11. The van der Waals surface area contributed by atoms with Crippen molar-refractivity contribution in [2.75, 3.05) is 13.1 Å². The van der Waals surface area contributed by atoms with Crippen LogP contribution in [0.3, 0.4) is 0 Å². The second kappa shape index (κ2) is 2.12. The van der Waals surface area contributed by atoms with Crippen LogP contribution in [0.15, 0.2) is 0 Å². The van der Waals surface area contributed by atoms with Gasteiger partial charge in [0.15, 0.2) is 0 Å². The van der Waals surface area contributed by atoms with Gasteiger partial charge in [0.1, 0.15) is 0 Å². The summed E-state index contributed by atoms with van der Waals surface area (Å²) in [4.78, 5) is 0. The van der Waals surface area contributed by atoms with Gasteiger partial charge in [-0.1, -0.05) is 0 Å². The highest BCUT2D eigenvalue weighted by Gasteiger charge is 2.63. The molecule has 2 fully saturated rings. The van der Waals surface area contributed by atoms with E-state index in [1.165, 1.54) is 0 Å². The van der Waals surface area contributed by atoms with Crippen LogP contribution >= 0.6 is 0 Å². The molecule has 0 radical (unpaired) electrons. The van der Waals surface area contributed by atoms with Gasteiger partial charge < -0.3 is 5.32 Å². The molecule has 1 saturated carbocycles. The van der Waals surface area contributed by atoms with E-state index in [0.717, 1.165) is 6.54 Å². The molecule has 1 nitrogen and oxygen atoms in total. The van der Waals surface area contributed by atoms with E-state index in [2.05, 4.69) is 5.32 Å². The minimum Gasteiger partial charge on any atom is -0.316 e. The van der Waals surface area contributed by atoms with E-state index < -0.39 is 12.1 Å². The van der Waals surface area contributed by atoms with Crippen LogP contribution in [0.25, 0.3) is 0 Å². The summed E-state index contributed by atoms with van der Waals surface area (Å²) in [5.41, 5.74) is 0. The number of fused-ring (bicyclic) bond motifs is 1. The zero-order chi connectivity index (χ0) is 8.06. The number of nitrogens with one attached hydrogen (secondary N) is 1. The Hall–Kier alpha value is -0.250. The third-order valence-electron chi connectivity index (χ3n) is 2.74. The zero-order valence-electron chi connectivity index (χ0n) is 5.99. The maximum atomic E-state index is 12.1. The fourth-order valence-electron chi connectivity index (χ4n) is 2.14. The van der Waals surface area contributed by atoms with Crippen molar-refractivity contribution in [3.05, 3.63) is 0 Å². The van der Waals surface area contributed by atoms with Gasteiger partial charge in [0.2, 0.25) is 0 Å². The predicted molar refractivity (Wildman–Crippen MR) is 34.0 cm³/mol. The molecule has 3 atom stereocenters. The number of hydrogen-bond acceptors (Lipinski definition) is 1. The normalized spacial score (nSPS) is 43.4. The second-order valence-corrected chi connectivity index (χ2v) is 3.39. The van der Waals surface area contributed by atoms with Gasteiger partial charge in [0.25, 0.3) is 0 Å². The van der Waals surface area contributed by atoms with Gasteiger partial charge in [-0.25, -0.2) is 0 Å². The van der Waals surface area contributed by atoms with E-state index in [9.17, 15) is 13.2 Å². The highest BCUT2D eigenvalue weighted by molar-refractivity contribution is 5.04. The molecule has 0 aromatic carbocycles. The summed E-state index contributed by atoms with van der Waals surface area (Å²) in [6.45, 7) is 1.32. The number of piperidine rings is 1. The molecule has 1 aliphatic carbocycles. The molecule has 1 heterocycles. The molecule has 2 rings (SSSR count). The Morgan fingerprint density at radius 2 is 1.91 bits per heavy atom. The average Bonchev–Trinajstić information content (AvgIpc) is 2.58. The molecule has 0 bridgehead atoms. The molecule has 1 N–H and O–H groups in total. The first kappa shape index (κ1) is 7.40. The number of alkyl halides is 3. The fraction of sp³-hybridized carbons (Fsp3) is 1.00. The van der Waals surface area contributed by atoms with Crippen molar-refractivity contribution >= 4 is 0 Å². The summed E-state index contributed by atoms with van der Waals surface area (Å²) in [5.74, 6) is -1.16. The van der Waals surface area contributed by atoms with E-state index >= 15 is 0 Å². The van der Waals surface area contributed by atoms with Gasteiger partial charge in [0, 0.05) is 0 Å². The number of rotatable bonds is 0. The van der Waals surface area contributed by atoms with Crippen molar-refractivity contribution in [3.63, 3.8) is 0 Å². The minimum absolute atomic E-state index is 0.0590. The topological polar surface area (TPSA) is 12.0 Å². The van der Waals surface area contributed by atoms with Crippen molar-refractivity contribution in [2.45, 2.75) is 12.6 Å². The monoisotopic (exact) mass is 165 g/mol. The largest absolute Gasteiger partial charge is 0.392 e. The summed E-state index contributed by atoms with van der Waals surface area (Å²) >= 11 is 0. The Bertz CT molecular complexity index is 154. The molecule has 1 saturated heterocycles. The van der Waals surface area contributed by atoms with Gasteiger partial charge in [-0.15, -0.1) is 0 Å². The maximum absolute atomic E-state index is 12.1. The Labute approximate surface area is 63.0 Å². The minimum atomic E-state index is -3.94. The summed E-state index contributed by atoms with van der Waals surface area (Å²) in [6, 6.07) is 0. The van der Waals surface area contributed by atoms with Gasteiger partial charge in [-0.3, -0.25) is 0 Å². The summed E-state index contributed by atoms with van der Waals surface area (Å²) in [7, 11) is 0. The highest BCUT2D eigenvalue weighted by Crippen LogP contribution is 2.57. The Balaban J connectivity index is 2.00. The molecular formula is C7H10F3N. The van der Waals surface area contributed by atoms with Crippen LogP contribution in [0.5, 0.6) is 0 Å². The molecule has 0 spiro atoms. The van der Waals surface area contributed by atoms with Crippen LogP contribution in [0.2, 0.25) is 0 Å². The molecular weight excluding hydrogens is 155 g/mol. The molecule has 4 heteroatoms. The van der Waals surface area contributed by atoms with Crippen molar-refractivity contribution in [1.82, 2.24) is 5.32 Å². The summed E-state index contributed by atoms with van der Waals surface area (Å²) < 4.78 is 36.3. The zero-order valence-corrected chi connectivity index (χ0v) is 5.99. The second-order valence-electron chi connectivity index (χ2n) is 3.39. The molecule has 0 unspecified atom stereocenters. The van der Waals surface area contributed by atoms with Gasteiger partial charge in [0.05, 0.1) is 5.92 Å². The Kier molecular flexibility index (Phi) is 1.43. The standard InChI is InChI=1S/C7H10F3N/c8-7(9,10)6-4-1-2-11-3-5(4)6/h4-6,11H,1-3H2/t4-,5-,6+/m0/s1. The average molecular weight is 165 g/mol. The van der Waals surface area contributed by atoms with Crippen LogP contribution in [-0.4, -0.2) is 19.3 Å². The predicted octanol–water partition coefficient (Wildman–Crippen LogP) is 1.40. The van der Waals surface area contributed by atoms with Crippen molar-refractivity contribution in [1.29, 1.82) is 0 Å². The SMILES string of the molecule is FC(F)(F)[C@@H]1[C@H]2CCNC[C@@H]21. The lowest BCUT2D eigenvalue weighted by atomic mass is 10.2. The van der Waals surface area contributed by atoms with Gasteiger partial charge >= 0.3 is 6.18 Å². The quantitative estimate of drug-likeness (QED) is 0.572. The number of halogens is 3. The lowest BCUT2D eigenvalue weighted by Crippen LogP contribution is -2.24. The van der Waals surface area contributed by atoms with E-state index in [4.69, 9.17) is 0 Å². The maximum Gasteiger partial charge on any atom is 0.392 e. The molecule has 0 aromatic rings. The molecule has 2 aliphatic rings. The van der Waals surface area contributed by atoms with Crippen molar-refractivity contribution in [2.24, 2.45) is 17.8 Å². The van der Waals surface area contributed by atoms with E-state index in [-0.39, 0.29) is 11.8 Å². The third-order valence-corrected chi connectivity index (χ3v) is 2.74. The van der Waals surface area contributed by atoms with E-state index in [1.54, 1.807) is 0 Å². The molecule has 0 aromatic heterocycles. The first-order valence-corrected chi connectivity index (χ1v) is 3.88. The van der Waals surface area contributed by atoms with Gasteiger partial charge in [-0.05, 0) is 31.3 Å². The molecule has 0 amide bonds. The van der Waals surface area contributed by atoms with E-state index in [0.29, 0.717) is 13.0 Å². The third kappa shape index (κ3) is 1.13. The molecule has 1 aliphatic heterocycles. The highest BCUT2D eigenvalue weighted by atomic mass is 19.4. The first-order valence-electron chi connectivity index (χ1n) is 3.88.